The average molecular weight is 296 g/mol. The molecule has 1 aromatic carbocycles. The van der Waals surface area contributed by atoms with Crippen LogP contribution in [0.4, 0.5) is 5.69 Å². The lowest BCUT2D eigenvalue weighted by Crippen LogP contribution is -2.30. The Labute approximate surface area is 122 Å². The highest BCUT2D eigenvalue weighted by molar-refractivity contribution is 7.89. The van der Waals surface area contributed by atoms with Crippen LogP contribution < -0.4 is 10.0 Å². The summed E-state index contributed by atoms with van der Waals surface area (Å²) in [4.78, 5) is 0.320. The van der Waals surface area contributed by atoms with E-state index in [1.165, 1.54) is 32.1 Å². The van der Waals surface area contributed by atoms with E-state index in [1.54, 1.807) is 12.1 Å². The summed E-state index contributed by atoms with van der Waals surface area (Å²) in [6.07, 6.45) is 6.30. The summed E-state index contributed by atoms with van der Waals surface area (Å²) in [7, 11) is -3.39. The molecule has 0 aliphatic heterocycles. The van der Waals surface area contributed by atoms with Crippen LogP contribution in [0.15, 0.2) is 29.2 Å². The normalized spacial score (nSPS) is 17.4. The van der Waals surface area contributed by atoms with Crippen LogP contribution in [-0.2, 0) is 10.0 Å². The van der Waals surface area contributed by atoms with Crippen molar-refractivity contribution < 1.29 is 8.42 Å². The van der Waals surface area contributed by atoms with Crippen molar-refractivity contribution in [3.05, 3.63) is 24.3 Å². The van der Waals surface area contributed by atoms with Gasteiger partial charge in [-0.1, -0.05) is 19.3 Å². The fourth-order valence-corrected chi connectivity index (χ4v) is 3.84. The predicted octanol–water partition coefficient (Wildman–Crippen LogP) is 3.12. The van der Waals surface area contributed by atoms with Crippen molar-refractivity contribution in [3.8, 4) is 0 Å². The van der Waals surface area contributed by atoms with E-state index in [9.17, 15) is 8.42 Å². The molecule has 0 aromatic heterocycles. The Kier molecular flexibility index (Phi) is 5.05. The second kappa shape index (κ2) is 6.59. The van der Waals surface area contributed by atoms with Gasteiger partial charge in [-0.3, -0.25) is 0 Å². The van der Waals surface area contributed by atoms with Gasteiger partial charge in [0.05, 0.1) is 4.90 Å². The molecule has 1 fully saturated rings. The van der Waals surface area contributed by atoms with Gasteiger partial charge >= 0.3 is 0 Å². The van der Waals surface area contributed by atoms with E-state index in [0.717, 1.165) is 5.69 Å². The number of nitrogens with one attached hydrogen (secondary N) is 2. The summed E-state index contributed by atoms with van der Waals surface area (Å²) in [6, 6.07) is 7.46. The van der Waals surface area contributed by atoms with Crippen molar-refractivity contribution in [1.82, 2.24) is 4.72 Å². The van der Waals surface area contributed by atoms with E-state index in [4.69, 9.17) is 0 Å². The maximum absolute atomic E-state index is 12.0. The first kappa shape index (κ1) is 15.3. The summed E-state index contributed by atoms with van der Waals surface area (Å²) in [5, 5.41) is 3.49. The summed E-state index contributed by atoms with van der Waals surface area (Å²) in [6.45, 7) is 3.63. The van der Waals surface area contributed by atoms with Gasteiger partial charge in [-0.2, -0.15) is 0 Å². The quantitative estimate of drug-likeness (QED) is 0.877. The van der Waals surface area contributed by atoms with Crippen molar-refractivity contribution >= 4 is 15.7 Å². The van der Waals surface area contributed by atoms with Gasteiger partial charge < -0.3 is 5.32 Å². The monoisotopic (exact) mass is 296 g/mol. The van der Waals surface area contributed by atoms with Gasteiger partial charge in [0.15, 0.2) is 0 Å². The number of hydrogen-bond donors (Lipinski definition) is 2. The van der Waals surface area contributed by atoms with E-state index >= 15 is 0 Å². The molecule has 1 saturated carbocycles. The first-order valence-electron chi connectivity index (χ1n) is 7.36. The highest BCUT2D eigenvalue weighted by Gasteiger charge is 2.16. The van der Waals surface area contributed by atoms with Gasteiger partial charge in [0.2, 0.25) is 10.0 Å². The third-order valence-electron chi connectivity index (χ3n) is 3.53. The van der Waals surface area contributed by atoms with Crippen molar-refractivity contribution in [2.24, 2.45) is 0 Å². The van der Waals surface area contributed by atoms with Crippen LogP contribution in [0.2, 0.25) is 0 Å². The first-order valence-corrected chi connectivity index (χ1v) is 8.84. The number of anilines is 1. The smallest absolute Gasteiger partial charge is 0.240 e. The second-order valence-electron chi connectivity index (χ2n) is 5.78. The summed E-state index contributed by atoms with van der Waals surface area (Å²) >= 11 is 0. The van der Waals surface area contributed by atoms with Crippen LogP contribution in [-0.4, -0.2) is 20.5 Å². The van der Waals surface area contributed by atoms with Crippen LogP contribution in [0.5, 0.6) is 0 Å². The van der Waals surface area contributed by atoms with Crippen molar-refractivity contribution in [3.63, 3.8) is 0 Å². The van der Waals surface area contributed by atoms with Gasteiger partial charge in [0.1, 0.15) is 0 Å². The number of rotatable bonds is 5. The lowest BCUT2D eigenvalue weighted by molar-refractivity contribution is 0.463. The minimum atomic E-state index is -3.39. The Bertz CT molecular complexity index is 517. The van der Waals surface area contributed by atoms with Gasteiger partial charge in [-0.25, -0.2) is 13.1 Å². The maximum Gasteiger partial charge on any atom is 0.240 e. The zero-order valence-electron chi connectivity index (χ0n) is 12.2. The molecule has 1 aliphatic rings. The molecule has 1 aliphatic carbocycles. The van der Waals surface area contributed by atoms with E-state index in [0.29, 0.717) is 10.9 Å². The molecule has 5 heteroatoms. The second-order valence-corrected chi connectivity index (χ2v) is 7.49. The number of hydrogen-bond acceptors (Lipinski definition) is 3. The maximum atomic E-state index is 12.0. The zero-order valence-corrected chi connectivity index (χ0v) is 13.0. The molecule has 4 nitrogen and oxygen atoms in total. The summed E-state index contributed by atoms with van der Waals surface area (Å²) < 4.78 is 26.6. The molecule has 112 valence electrons. The summed E-state index contributed by atoms with van der Waals surface area (Å²) in [5.74, 6) is 0. The number of benzene rings is 1. The van der Waals surface area contributed by atoms with Crippen molar-refractivity contribution in [2.45, 2.75) is 62.9 Å². The highest BCUT2D eigenvalue weighted by atomic mass is 32.2. The van der Waals surface area contributed by atoms with Crippen LogP contribution >= 0.6 is 0 Å². The molecule has 0 bridgehead atoms. The topological polar surface area (TPSA) is 58.2 Å². The van der Waals surface area contributed by atoms with E-state index < -0.39 is 10.0 Å². The lowest BCUT2D eigenvalue weighted by Gasteiger charge is -2.23. The summed E-state index contributed by atoms with van der Waals surface area (Å²) in [5.41, 5.74) is 1.00. The Morgan fingerprint density at radius 3 is 2.20 bits per heavy atom. The first-order chi connectivity index (χ1) is 9.47. The molecule has 0 atom stereocenters. The largest absolute Gasteiger partial charge is 0.382 e. The molecule has 0 amide bonds. The van der Waals surface area contributed by atoms with Crippen molar-refractivity contribution in [1.29, 1.82) is 0 Å². The number of sulfonamides is 1. The Morgan fingerprint density at radius 2 is 1.65 bits per heavy atom. The molecule has 2 rings (SSSR count). The van der Waals surface area contributed by atoms with Gasteiger partial charge in [-0.15, -0.1) is 0 Å². The Morgan fingerprint density at radius 1 is 1.05 bits per heavy atom. The standard InChI is InChI=1S/C15H24N2O2S/c1-12(2)17-20(18,19)15-10-8-14(9-11-15)16-13-6-4-3-5-7-13/h8-13,16-17H,3-7H2,1-2H3. The molecule has 20 heavy (non-hydrogen) atoms. The molecule has 0 heterocycles. The zero-order chi connectivity index (χ0) is 14.6. The molecular weight excluding hydrogens is 272 g/mol. The Hall–Kier alpha value is -1.07. The van der Waals surface area contributed by atoms with E-state index in [2.05, 4.69) is 10.0 Å². The van der Waals surface area contributed by atoms with Crippen LogP contribution in [0, 0.1) is 0 Å². The average Bonchev–Trinajstić information content (AvgIpc) is 2.39. The minimum Gasteiger partial charge on any atom is -0.382 e. The highest BCUT2D eigenvalue weighted by Crippen LogP contribution is 2.22. The third-order valence-corrected chi connectivity index (χ3v) is 5.21. The van der Waals surface area contributed by atoms with Crippen LogP contribution in [0.1, 0.15) is 46.0 Å². The molecular formula is C15H24N2O2S. The minimum absolute atomic E-state index is 0.0972. The molecule has 1 aromatic rings. The van der Waals surface area contributed by atoms with Gasteiger partial charge in [0, 0.05) is 17.8 Å². The molecule has 2 N–H and O–H groups in total. The SMILES string of the molecule is CC(C)NS(=O)(=O)c1ccc(NC2CCCCC2)cc1. The van der Waals surface area contributed by atoms with Crippen LogP contribution in [0.3, 0.4) is 0 Å². The fraction of sp³-hybridized carbons (Fsp3) is 0.600. The molecule has 0 spiro atoms. The van der Waals surface area contributed by atoms with E-state index in [-0.39, 0.29) is 6.04 Å². The van der Waals surface area contributed by atoms with Crippen molar-refractivity contribution in [2.75, 3.05) is 5.32 Å². The molecule has 0 saturated heterocycles. The predicted molar refractivity (Wildman–Crippen MR) is 82.4 cm³/mol. The van der Waals surface area contributed by atoms with Crippen LogP contribution in [0.25, 0.3) is 0 Å². The molecule has 0 radical (unpaired) electrons. The van der Waals surface area contributed by atoms with Gasteiger partial charge in [-0.05, 0) is 51.0 Å². The van der Waals surface area contributed by atoms with Gasteiger partial charge in [0.25, 0.3) is 0 Å². The lowest BCUT2D eigenvalue weighted by atomic mass is 9.95. The molecule has 0 unspecified atom stereocenters. The fourth-order valence-electron chi connectivity index (χ4n) is 2.59. The third kappa shape index (κ3) is 4.21. The Balaban J connectivity index is 2.02. The van der Waals surface area contributed by atoms with E-state index in [1.807, 2.05) is 26.0 Å².